The van der Waals surface area contributed by atoms with Gasteiger partial charge in [-0.25, -0.2) is 9.59 Å². The van der Waals surface area contributed by atoms with Gasteiger partial charge in [-0.15, -0.1) is 0 Å². The Hall–Kier alpha value is -4.57. The van der Waals surface area contributed by atoms with Gasteiger partial charge in [0, 0.05) is 12.1 Å². The molecular weight excluding hydrogens is 554 g/mol. The molecule has 0 aliphatic heterocycles. The lowest BCUT2D eigenvalue weighted by molar-refractivity contribution is -0.137. The Balaban J connectivity index is 1.59. The predicted molar refractivity (Wildman–Crippen MR) is 172 cm³/mol. The molecule has 0 amide bonds. The third-order valence-electron chi connectivity index (χ3n) is 7.06. The van der Waals surface area contributed by atoms with Gasteiger partial charge in [0.05, 0.1) is 31.5 Å². The van der Waals surface area contributed by atoms with Crippen LogP contribution in [0.5, 0.6) is 17.2 Å². The van der Waals surface area contributed by atoms with Crippen LogP contribution < -0.4 is 14.2 Å². The molecule has 7 nitrogen and oxygen atoms in total. The summed E-state index contributed by atoms with van der Waals surface area (Å²) in [4.78, 5) is 24.4. The van der Waals surface area contributed by atoms with Crippen molar-refractivity contribution in [3.8, 4) is 34.4 Å². The molecule has 0 bridgehead atoms. The molecule has 0 spiro atoms. The maximum Gasteiger partial charge on any atom is 0.347 e. The van der Waals surface area contributed by atoms with Gasteiger partial charge in [0.2, 0.25) is 0 Å². The van der Waals surface area contributed by atoms with Crippen molar-refractivity contribution in [1.29, 1.82) is 5.26 Å². The fourth-order valence-electron chi connectivity index (χ4n) is 4.54. The normalized spacial score (nSPS) is 10.5. The highest BCUT2D eigenvalue weighted by atomic mass is 16.5. The van der Waals surface area contributed by atoms with Crippen molar-refractivity contribution in [3.05, 3.63) is 90.5 Å². The third kappa shape index (κ3) is 12.0. The molecule has 44 heavy (non-hydrogen) atoms. The van der Waals surface area contributed by atoms with Crippen LogP contribution in [0, 0.1) is 11.3 Å². The van der Waals surface area contributed by atoms with E-state index < -0.39 is 11.9 Å². The monoisotopic (exact) mass is 597 g/mol. The highest BCUT2D eigenvalue weighted by Gasteiger charge is 2.17. The summed E-state index contributed by atoms with van der Waals surface area (Å²) >= 11 is 0. The number of nitriles is 1. The molecule has 0 aliphatic rings. The summed E-state index contributed by atoms with van der Waals surface area (Å²) < 4.78 is 22.8. The van der Waals surface area contributed by atoms with Gasteiger partial charge in [-0.1, -0.05) is 69.9 Å². The van der Waals surface area contributed by atoms with Gasteiger partial charge < -0.3 is 18.9 Å². The quantitative estimate of drug-likeness (QED) is 0.0556. The summed E-state index contributed by atoms with van der Waals surface area (Å²) in [6.45, 7) is 7.00. The number of esters is 2. The predicted octanol–water partition coefficient (Wildman–Crippen LogP) is 8.85. The van der Waals surface area contributed by atoms with Crippen LogP contribution in [0.1, 0.15) is 87.1 Å². The molecular formula is C37H43NO6. The zero-order valence-electron chi connectivity index (χ0n) is 25.7. The Morgan fingerprint density at radius 1 is 0.727 bits per heavy atom. The second-order valence-corrected chi connectivity index (χ2v) is 10.5. The molecule has 7 heteroatoms. The van der Waals surface area contributed by atoms with Gasteiger partial charge in [0.1, 0.15) is 22.8 Å². The lowest BCUT2D eigenvalue weighted by Gasteiger charge is -2.14. The zero-order chi connectivity index (χ0) is 31.4. The van der Waals surface area contributed by atoms with Crippen LogP contribution >= 0.6 is 0 Å². The van der Waals surface area contributed by atoms with E-state index in [4.69, 9.17) is 24.2 Å². The smallest absolute Gasteiger partial charge is 0.347 e. The van der Waals surface area contributed by atoms with Crippen molar-refractivity contribution < 1.29 is 28.5 Å². The number of rotatable bonds is 20. The second kappa shape index (κ2) is 19.6. The van der Waals surface area contributed by atoms with Gasteiger partial charge in [-0.2, -0.15) is 5.26 Å². The van der Waals surface area contributed by atoms with Crippen LogP contribution in [-0.2, 0) is 9.53 Å². The van der Waals surface area contributed by atoms with Gasteiger partial charge in [-0.05, 0) is 79.6 Å². The molecule has 0 unspecified atom stereocenters. The molecule has 232 valence electrons. The van der Waals surface area contributed by atoms with E-state index in [1.54, 1.807) is 42.5 Å². The first-order valence-corrected chi connectivity index (χ1v) is 15.6. The summed E-state index contributed by atoms with van der Waals surface area (Å²) in [7, 11) is 0. The van der Waals surface area contributed by atoms with E-state index in [0.717, 1.165) is 55.7 Å². The van der Waals surface area contributed by atoms with Gasteiger partial charge >= 0.3 is 11.9 Å². The first-order valence-electron chi connectivity index (χ1n) is 15.6. The standard InChI is InChI=1S/C37H43NO6/c1-3-5-6-7-8-11-24-41-33-22-23-34(35(27-33)42-25-12-9-10-13-26-43-36(39)4-2)37(40)44-32-20-18-31(19-21-32)30-16-14-29(28-38)15-17-30/h4,14-23,27H,2-3,5-13,24-26H2,1H3. The molecule has 3 aromatic carbocycles. The van der Waals surface area contributed by atoms with E-state index in [9.17, 15) is 9.59 Å². The first kappa shape index (κ1) is 33.9. The summed E-state index contributed by atoms with van der Waals surface area (Å²) in [5.74, 6) is 0.565. The molecule has 0 saturated heterocycles. The summed E-state index contributed by atoms with van der Waals surface area (Å²) in [6, 6.07) is 21.9. The molecule has 3 aromatic rings. The highest BCUT2D eigenvalue weighted by molar-refractivity contribution is 5.94. The minimum absolute atomic E-state index is 0.324. The Morgan fingerprint density at radius 3 is 1.93 bits per heavy atom. The van der Waals surface area contributed by atoms with E-state index in [-0.39, 0.29) is 0 Å². The first-order chi connectivity index (χ1) is 21.5. The van der Waals surface area contributed by atoms with E-state index in [2.05, 4.69) is 19.6 Å². The summed E-state index contributed by atoms with van der Waals surface area (Å²) in [5, 5.41) is 9.02. The molecule has 0 radical (unpaired) electrons. The average Bonchev–Trinajstić information content (AvgIpc) is 3.05. The largest absolute Gasteiger partial charge is 0.493 e. The SMILES string of the molecule is C=CC(=O)OCCCCCCOc1cc(OCCCCCCCC)ccc1C(=O)Oc1ccc(-c2ccc(C#N)cc2)cc1. The third-order valence-corrected chi connectivity index (χ3v) is 7.06. The van der Waals surface area contributed by atoms with Crippen molar-refractivity contribution >= 4 is 11.9 Å². The van der Waals surface area contributed by atoms with Crippen molar-refractivity contribution in [2.75, 3.05) is 19.8 Å². The van der Waals surface area contributed by atoms with E-state index in [1.165, 1.54) is 25.7 Å². The fraction of sp³-hybridized carbons (Fsp3) is 0.378. The number of ether oxygens (including phenoxy) is 4. The van der Waals surface area contributed by atoms with Crippen LogP contribution in [0.3, 0.4) is 0 Å². The number of hydrogen-bond donors (Lipinski definition) is 0. The lowest BCUT2D eigenvalue weighted by Crippen LogP contribution is -2.12. The second-order valence-electron chi connectivity index (χ2n) is 10.5. The number of nitrogens with zero attached hydrogens (tertiary/aromatic N) is 1. The van der Waals surface area contributed by atoms with Crippen molar-refractivity contribution in [2.24, 2.45) is 0 Å². The minimum Gasteiger partial charge on any atom is -0.493 e. The molecule has 3 rings (SSSR count). The molecule has 0 N–H and O–H groups in total. The van der Waals surface area contributed by atoms with Gasteiger partial charge in [0.15, 0.2) is 0 Å². The van der Waals surface area contributed by atoms with Gasteiger partial charge in [-0.3, -0.25) is 0 Å². The molecule has 0 heterocycles. The molecule has 0 aliphatic carbocycles. The zero-order valence-corrected chi connectivity index (χ0v) is 25.7. The van der Waals surface area contributed by atoms with E-state index in [1.807, 2.05) is 24.3 Å². The maximum absolute atomic E-state index is 13.2. The van der Waals surface area contributed by atoms with Crippen molar-refractivity contribution in [1.82, 2.24) is 0 Å². The topological polar surface area (TPSA) is 94.8 Å². The number of hydrogen-bond acceptors (Lipinski definition) is 7. The minimum atomic E-state index is -0.516. The number of carbonyl (C=O) groups excluding carboxylic acids is 2. The van der Waals surface area contributed by atoms with E-state index >= 15 is 0 Å². The summed E-state index contributed by atoms with van der Waals surface area (Å²) in [5.41, 5.74) is 2.84. The Morgan fingerprint density at radius 2 is 1.30 bits per heavy atom. The van der Waals surface area contributed by atoms with Gasteiger partial charge in [0.25, 0.3) is 0 Å². The van der Waals surface area contributed by atoms with Crippen LogP contribution in [0.25, 0.3) is 11.1 Å². The van der Waals surface area contributed by atoms with Crippen molar-refractivity contribution in [2.45, 2.75) is 71.1 Å². The van der Waals surface area contributed by atoms with Crippen molar-refractivity contribution in [3.63, 3.8) is 0 Å². The summed E-state index contributed by atoms with van der Waals surface area (Å²) in [6.07, 6.45) is 11.6. The number of benzene rings is 3. The Labute approximate surface area is 261 Å². The Kier molecular flexibility index (Phi) is 15.1. The van der Waals surface area contributed by atoms with E-state index in [0.29, 0.717) is 48.2 Å². The Bertz CT molecular complexity index is 1360. The molecule has 0 saturated carbocycles. The lowest BCUT2D eigenvalue weighted by atomic mass is 10.0. The van der Waals surface area contributed by atoms with Crippen LogP contribution in [0.2, 0.25) is 0 Å². The van der Waals surface area contributed by atoms with Crippen LogP contribution in [0.15, 0.2) is 79.4 Å². The molecule has 0 aromatic heterocycles. The van der Waals surface area contributed by atoms with Crippen LogP contribution in [0.4, 0.5) is 0 Å². The number of unbranched alkanes of at least 4 members (excludes halogenated alkanes) is 8. The fourth-order valence-corrected chi connectivity index (χ4v) is 4.54. The van der Waals surface area contributed by atoms with Crippen LogP contribution in [-0.4, -0.2) is 31.8 Å². The maximum atomic E-state index is 13.2. The average molecular weight is 598 g/mol. The molecule has 0 atom stereocenters. The highest BCUT2D eigenvalue weighted by Crippen LogP contribution is 2.28. The molecule has 0 fully saturated rings. The number of carbonyl (C=O) groups is 2.